The van der Waals surface area contributed by atoms with Gasteiger partial charge >= 0.3 is 6.01 Å². The number of nitrogens with zero attached hydrogens (tertiary/aromatic N) is 5. The topological polar surface area (TPSA) is 60.7 Å². The van der Waals surface area contributed by atoms with Crippen LogP contribution in [0.25, 0.3) is 0 Å². The first kappa shape index (κ1) is 16.2. The predicted molar refractivity (Wildman–Crippen MR) is 83.5 cm³/mol. The van der Waals surface area contributed by atoms with Gasteiger partial charge in [0.2, 0.25) is 5.89 Å². The van der Waals surface area contributed by atoms with E-state index < -0.39 is 0 Å². The van der Waals surface area contributed by atoms with Crippen molar-refractivity contribution in [1.29, 1.82) is 0 Å². The molecule has 120 valence electrons. The Labute approximate surface area is 127 Å². The molecule has 0 radical (unpaired) electrons. The molecule has 1 saturated heterocycles. The van der Waals surface area contributed by atoms with E-state index in [0.717, 1.165) is 39.3 Å². The Kier molecular flexibility index (Phi) is 5.96. The molecule has 1 aliphatic heterocycles. The number of anilines is 1. The molecule has 2 rings (SSSR count). The molecule has 21 heavy (non-hydrogen) atoms. The van der Waals surface area contributed by atoms with Gasteiger partial charge in [0.1, 0.15) is 0 Å². The smallest absolute Gasteiger partial charge is 0.318 e. The molecular weight excluding hydrogens is 268 g/mol. The number of rotatable bonds is 7. The van der Waals surface area contributed by atoms with E-state index in [9.17, 15) is 0 Å². The van der Waals surface area contributed by atoms with Crippen molar-refractivity contribution in [3.8, 4) is 0 Å². The van der Waals surface area contributed by atoms with E-state index in [1.54, 1.807) is 0 Å². The van der Waals surface area contributed by atoms with Crippen molar-refractivity contribution < 1.29 is 4.42 Å². The molecule has 2 heterocycles. The number of likely N-dealkylation sites (N-methyl/N-ethyl adjacent to an activating group) is 1. The Balaban J connectivity index is 1.77. The number of nitrogens with one attached hydrogen (secondary N) is 1. The summed E-state index contributed by atoms with van der Waals surface area (Å²) in [5, 5.41) is 11.5. The van der Waals surface area contributed by atoms with Crippen LogP contribution in [0.1, 0.15) is 19.7 Å². The third-order valence-corrected chi connectivity index (χ3v) is 3.62. The highest BCUT2D eigenvalue weighted by Crippen LogP contribution is 2.14. The van der Waals surface area contributed by atoms with Crippen LogP contribution in [-0.4, -0.2) is 79.4 Å². The van der Waals surface area contributed by atoms with Gasteiger partial charge in [-0.2, -0.15) is 0 Å². The van der Waals surface area contributed by atoms with Crippen molar-refractivity contribution >= 4 is 6.01 Å². The molecule has 1 N–H and O–H groups in total. The highest BCUT2D eigenvalue weighted by molar-refractivity contribution is 5.25. The second-order valence-electron chi connectivity index (χ2n) is 6.15. The molecule has 7 nitrogen and oxygen atoms in total. The molecule has 1 aromatic rings. The molecule has 0 aliphatic carbocycles. The van der Waals surface area contributed by atoms with Crippen molar-refractivity contribution in [3.63, 3.8) is 0 Å². The lowest BCUT2D eigenvalue weighted by atomic mass is 10.3. The third-order valence-electron chi connectivity index (χ3n) is 3.62. The van der Waals surface area contributed by atoms with Crippen molar-refractivity contribution in [3.05, 3.63) is 5.89 Å². The van der Waals surface area contributed by atoms with Crippen molar-refractivity contribution in [2.24, 2.45) is 0 Å². The average Bonchev–Trinajstić information content (AvgIpc) is 2.92. The minimum Gasteiger partial charge on any atom is -0.407 e. The molecule has 0 atom stereocenters. The van der Waals surface area contributed by atoms with Crippen LogP contribution in [0.2, 0.25) is 0 Å². The van der Waals surface area contributed by atoms with E-state index in [1.807, 2.05) is 0 Å². The van der Waals surface area contributed by atoms with Gasteiger partial charge in [-0.25, -0.2) is 0 Å². The van der Waals surface area contributed by atoms with Crippen LogP contribution in [0.4, 0.5) is 6.01 Å². The number of hydrogen-bond donors (Lipinski definition) is 1. The second-order valence-corrected chi connectivity index (χ2v) is 6.15. The second kappa shape index (κ2) is 7.72. The first-order valence-corrected chi connectivity index (χ1v) is 7.72. The third kappa shape index (κ3) is 5.26. The minimum atomic E-state index is 0.417. The highest BCUT2D eigenvalue weighted by Gasteiger charge is 2.21. The molecule has 0 spiro atoms. The van der Waals surface area contributed by atoms with E-state index in [0.29, 0.717) is 24.5 Å². The van der Waals surface area contributed by atoms with E-state index in [2.05, 4.69) is 58.2 Å². The van der Waals surface area contributed by atoms with Crippen LogP contribution in [0.5, 0.6) is 0 Å². The lowest BCUT2D eigenvalue weighted by Gasteiger charge is -2.34. The molecule has 0 saturated carbocycles. The summed E-state index contributed by atoms with van der Waals surface area (Å²) in [7, 11) is 4.23. The van der Waals surface area contributed by atoms with Gasteiger partial charge in [0.25, 0.3) is 0 Å². The summed E-state index contributed by atoms with van der Waals surface area (Å²) < 4.78 is 5.72. The zero-order valence-corrected chi connectivity index (χ0v) is 13.7. The average molecular weight is 296 g/mol. The van der Waals surface area contributed by atoms with E-state index >= 15 is 0 Å². The SMILES string of the molecule is CC(C)NCc1nnc(N2CCN(CCN(C)C)CC2)o1. The van der Waals surface area contributed by atoms with E-state index in [1.165, 1.54) is 0 Å². The summed E-state index contributed by atoms with van der Waals surface area (Å²) in [5.74, 6) is 0.661. The van der Waals surface area contributed by atoms with Crippen molar-refractivity contribution in [2.45, 2.75) is 26.4 Å². The van der Waals surface area contributed by atoms with Crippen molar-refractivity contribution in [1.82, 2.24) is 25.3 Å². The summed E-state index contributed by atoms with van der Waals surface area (Å²) in [4.78, 5) is 6.88. The van der Waals surface area contributed by atoms with Crippen LogP contribution in [0, 0.1) is 0 Å². The Bertz CT molecular complexity index is 411. The van der Waals surface area contributed by atoms with Crippen LogP contribution < -0.4 is 10.2 Å². The fourth-order valence-electron chi connectivity index (χ4n) is 2.24. The quantitative estimate of drug-likeness (QED) is 0.774. The summed E-state index contributed by atoms with van der Waals surface area (Å²) in [6, 6.07) is 1.07. The summed E-state index contributed by atoms with van der Waals surface area (Å²) in [5.41, 5.74) is 0. The summed E-state index contributed by atoms with van der Waals surface area (Å²) >= 11 is 0. The maximum Gasteiger partial charge on any atom is 0.318 e. The predicted octanol–water partition coefficient (Wildman–Crippen LogP) is 0.251. The summed E-state index contributed by atoms with van der Waals surface area (Å²) in [6.45, 7) is 11.1. The van der Waals surface area contributed by atoms with Crippen LogP contribution >= 0.6 is 0 Å². The maximum atomic E-state index is 5.72. The van der Waals surface area contributed by atoms with Crippen LogP contribution in [0.3, 0.4) is 0 Å². The number of piperazine rings is 1. The molecule has 0 unspecified atom stereocenters. The maximum absolute atomic E-state index is 5.72. The largest absolute Gasteiger partial charge is 0.407 e. The van der Waals surface area contributed by atoms with E-state index in [4.69, 9.17) is 4.42 Å². The zero-order valence-electron chi connectivity index (χ0n) is 13.7. The van der Waals surface area contributed by atoms with Gasteiger partial charge < -0.3 is 19.5 Å². The lowest BCUT2D eigenvalue weighted by molar-refractivity contribution is 0.226. The Morgan fingerprint density at radius 2 is 1.90 bits per heavy atom. The van der Waals surface area contributed by atoms with Gasteiger partial charge in [0, 0.05) is 45.3 Å². The van der Waals surface area contributed by atoms with E-state index in [-0.39, 0.29) is 0 Å². The fourth-order valence-corrected chi connectivity index (χ4v) is 2.24. The molecule has 0 amide bonds. The zero-order chi connectivity index (χ0) is 15.2. The Hall–Kier alpha value is -1.18. The number of aromatic nitrogens is 2. The molecule has 1 aliphatic rings. The normalized spacial score (nSPS) is 17.1. The first-order valence-electron chi connectivity index (χ1n) is 7.72. The molecular formula is C14H28N6O. The fraction of sp³-hybridized carbons (Fsp3) is 0.857. The van der Waals surface area contributed by atoms with Gasteiger partial charge in [-0.05, 0) is 14.1 Å². The Morgan fingerprint density at radius 1 is 1.19 bits per heavy atom. The number of hydrogen-bond acceptors (Lipinski definition) is 7. The van der Waals surface area contributed by atoms with Gasteiger partial charge in [0.15, 0.2) is 0 Å². The molecule has 7 heteroatoms. The summed E-state index contributed by atoms with van der Waals surface area (Å²) in [6.07, 6.45) is 0. The molecule has 0 bridgehead atoms. The Morgan fingerprint density at radius 3 is 2.52 bits per heavy atom. The monoisotopic (exact) mass is 296 g/mol. The minimum absolute atomic E-state index is 0.417. The lowest BCUT2D eigenvalue weighted by Crippen LogP contribution is -2.48. The van der Waals surface area contributed by atoms with Crippen LogP contribution in [0.15, 0.2) is 4.42 Å². The van der Waals surface area contributed by atoms with Gasteiger partial charge in [-0.15, -0.1) is 5.10 Å². The first-order chi connectivity index (χ1) is 10.0. The van der Waals surface area contributed by atoms with Crippen molar-refractivity contribution in [2.75, 3.05) is 58.3 Å². The molecule has 0 aromatic carbocycles. The molecule has 1 fully saturated rings. The molecule has 1 aromatic heterocycles. The van der Waals surface area contributed by atoms with Gasteiger partial charge in [0.05, 0.1) is 6.54 Å². The standard InChI is InChI=1S/C14H28N6O/c1-12(2)15-11-13-16-17-14(21-13)20-9-7-19(8-10-20)6-5-18(3)4/h12,15H,5-11H2,1-4H3. The highest BCUT2D eigenvalue weighted by atomic mass is 16.4. The van der Waals surface area contributed by atoms with Gasteiger partial charge in [-0.3, -0.25) is 4.90 Å². The van der Waals surface area contributed by atoms with Gasteiger partial charge in [-0.1, -0.05) is 18.9 Å². The van der Waals surface area contributed by atoms with Crippen LogP contribution in [-0.2, 0) is 6.54 Å².